The standard InChI is InChI=1S/C16H25NO2/c1-4-6-7-13(5-2)11-19-16(18)15-10-14(17)9-8-12(15)3/h8-10,13H,4-7,11,17H2,1-3H3. The molecule has 19 heavy (non-hydrogen) atoms. The van der Waals surface area contributed by atoms with E-state index >= 15 is 0 Å². The Morgan fingerprint density at radius 3 is 2.74 bits per heavy atom. The lowest BCUT2D eigenvalue weighted by Crippen LogP contribution is -2.15. The summed E-state index contributed by atoms with van der Waals surface area (Å²) in [5, 5.41) is 0. The van der Waals surface area contributed by atoms with Gasteiger partial charge in [-0.2, -0.15) is 0 Å². The minimum atomic E-state index is -0.264. The topological polar surface area (TPSA) is 52.3 Å². The van der Waals surface area contributed by atoms with Gasteiger partial charge in [-0.05, 0) is 37.0 Å². The fraction of sp³-hybridized carbons (Fsp3) is 0.562. The van der Waals surface area contributed by atoms with Crippen LogP contribution in [0.5, 0.6) is 0 Å². The number of rotatable bonds is 7. The van der Waals surface area contributed by atoms with Gasteiger partial charge in [0.05, 0.1) is 12.2 Å². The van der Waals surface area contributed by atoms with E-state index in [1.165, 1.54) is 12.8 Å². The quantitative estimate of drug-likeness (QED) is 0.598. The van der Waals surface area contributed by atoms with Gasteiger partial charge in [-0.25, -0.2) is 4.79 Å². The predicted octanol–water partition coefficient (Wildman–Crippen LogP) is 3.95. The first-order valence-electron chi connectivity index (χ1n) is 7.11. The molecule has 1 unspecified atom stereocenters. The van der Waals surface area contributed by atoms with Crippen LogP contribution in [0, 0.1) is 12.8 Å². The minimum Gasteiger partial charge on any atom is -0.462 e. The van der Waals surface area contributed by atoms with E-state index in [1.54, 1.807) is 12.1 Å². The summed E-state index contributed by atoms with van der Waals surface area (Å²) in [7, 11) is 0. The summed E-state index contributed by atoms with van der Waals surface area (Å²) >= 11 is 0. The molecule has 2 N–H and O–H groups in total. The third-order valence-electron chi connectivity index (χ3n) is 3.47. The Morgan fingerprint density at radius 2 is 2.11 bits per heavy atom. The molecular weight excluding hydrogens is 238 g/mol. The largest absolute Gasteiger partial charge is 0.462 e. The maximum absolute atomic E-state index is 12.0. The molecule has 0 aromatic heterocycles. The van der Waals surface area contributed by atoms with E-state index in [2.05, 4.69) is 13.8 Å². The van der Waals surface area contributed by atoms with Gasteiger partial charge in [0, 0.05) is 5.69 Å². The van der Waals surface area contributed by atoms with Gasteiger partial charge in [-0.3, -0.25) is 0 Å². The van der Waals surface area contributed by atoms with Crippen molar-refractivity contribution in [1.82, 2.24) is 0 Å². The number of nitrogens with two attached hydrogens (primary N) is 1. The van der Waals surface area contributed by atoms with Crippen LogP contribution in [0.2, 0.25) is 0 Å². The number of carbonyl (C=O) groups is 1. The lowest BCUT2D eigenvalue weighted by atomic mass is 10.0. The molecule has 0 aliphatic heterocycles. The van der Waals surface area contributed by atoms with E-state index < -0.39 is 0 Å². The van der Waals surface area contributed by atoms with Gasteiger partial charge in [-0.1, -0.05) is 39.2 Å². The first-order valence-corrected chi connectivity index (χ1v) is 7.11. The zero-order valence-electron chi connectivity index (χ0n) is 12.2. The minimum absolute atomic E-state index is 0.264. The Bertz CT molecular complexity index is 415. The Labute approximate surface area is 116 Å². The average molecular weight is 263 g/mol. The number of nitrogen functional groups attached to an aromatic ring is 1. The van der Waals surface area contributed by atoms with Crippen LogP contribution in [0.4, 0.5) is 5.69 Å². The smallest absolute Gasteiger partial charge is 0.338 e. The van der Waals surface area contributed by atoms with Crippen molar-refractivity contribution in [3.8, 4) is 0 Å². The van der Waals surface area contributed by atoms with E-state index in [9.17, 15) is 4.79 Å². The molecule has 0 saturated heterocycles. The van der Waals surface area contributed by atoms with Crippen LogP contribution in [0.15, 0.2) is 18.2 Å². The van der Waals surface area contributed by atoms with E-state index in [1.807, 2.05) is 13.0 Å². The molecule has 0 amide bonds. The summed E-state index contributed by atoms with van der Waals surface area (Å²) in [6.07, 6.45) is 4.53. The Hall–Kier alpha value is -1.51. The molecule has 0 saturated carbocycles. The van der Waals surface area contributed by atoms with Gasteiger partial charge in [0.1, 0.15) is 0 Å². The number of aryl methyl sites for hydroxylation is 1. The van der Waals surface area contributed by atoms with Crippen molar-refractivity contribution in [3.05, 3.63) is 29.3 Å². The molecule has 1 aromatic carbocycles. The van der Waals surface area contributed by atoms with Crippen LogP contribution < -0.4 is 5.73 Å². The molecule has 0 aliphatic carbocycles. The lowest BCUT2D eigenvalue weighted by molar-refractivity contribution is 0.0427. The van der Waals surface area contributed by atoms with Crippen molar-refractivity contribution in [1.29, 1.82) is 0 Å². The van der Waals surface area contributed by atoms with Crippen LogP contribution in [0.1, 0.15) is 55.5 Å². The van der Waals surface area contributed by atoms with Gasteiger partial charge >= 0.3 is 5.97 Å². The number of anilines is 1. The van der Waals surface area contributed by atoms with Gasteiger partial charge in [0.15, 0.2) is 0 Å². The number of unbranched alkanes of at least 4 members (excludes halogenated alkanes) is 1. The van der Waals surface area contributed by atoms with Crippen molar-refractivity contribution in [2.75, 3.05) is 12.3 Å². The monoisotopic (exact) mass is 263 g/mol. The van der Waals surface area contributed by atoms with Crippen LogP contribution in [-0.4, -0.2) is 12.6 Å². The third-order valence-corrected chi connectivity index (χ3v) is 3.47. The molecule has 0 heterocycles. The summed E-state index contributed by atoms with van der Waals surface area (Å²) in [6, 6.07) is 5.33. The molecule has 0 radical (unpaired) electrons. The van der Waals surface area contributed by atoms with Crippen LogP contribution in [0.25, 0.3) is 0 Å². The summed E-state index contributed by atoms with van der Waals surface area (Å²) in [5.41, 5.74) is 7.78. The fourth-order valence-corrected chi connectivity index (χ4v) is 2.03. The Kier molecular flexibility index (Phi) is 6.40. The molecule has 0 fully saturated rings. The number of esters is 1. The molecule has 0 aliphatic rings. The van der Waals surface area contributed by atoms with E-state index in [4.69, 9.17) is 10.5 Å². The van der Waals surface area contributed by atoms with Gasteiger partial charge in [-0.15, -0.1) is 0 Å². The molecule has 1 aromatic rings. The van der Waals surface area contributed by atoms with Gasteiger partial charge in [0.2, 0.25) is 0 Å². The highest BCUT2D eigenvalue weighted by Crippen LogP contribution is 2.17. The zero-order valence-corrected chi connectivity index (χ0v) is 12.2. The summed E-state index contributed by atoms with van der Waals surface area (Å²) < 4.78 is 5.42. The Morgan fingerprint density at radius 1 is 1.37 bits per heavy atom. The second kappa shape index (κ2) is 7.82. The van der Waals surface area contributed by atoms with Crippen LogP contribution >= 0.6 is 0 Å². The molecule has 1 rings (SSSR count). The van der Waals surface area contributed by atoms with Crippen molar-refractivity contribution in [2.45, 2.75) is 46.5 Å². The molecule has 3 heteroatoms. The highest BCUT2D eigenvalue weighted by Gasteiger charge is 2.14. The second-order valence-electron chi connectivity index (χ2n) is 5.09. The number of hydrogen-bond donors (Lipinski definition) is 1. The van der Waals surface area contributed by atoms with Crippen molar-refractivity contribution < 1.29 is 9.53 Å². The maximum atomic E-state index is 12.0. The SMILES string of the molecule is CCCCC(CC)COC(=O)c1cc(N)ccc1C. The van der Waals surface area contributed by atoms with Crippen molar-refractivity contribution in [3.63, 3.8) is 0 Å². The number of hydrogen-bond acceptors (Lipinski definition) is 3. The maximum Gasteiger partial charge on any atom is 0.338 e. The average Bonchev–Trinajstić information content (AvgIpc) is 2.41. The molecule has 106 valence electrons. The third kappa shape index (κ3) is 4.93. The van der Waals surface area contributed by atoms with Crippen LogP contribution in [-0.2, 0) is 4.74 Å². The van der Waals surface area contributed by atoms with E-state index in [0.29, 0.717) is 23.8 Å². The van der Waals surface area contributed by atoms with Crippen LogP contribution in [0.3, 0.4) is 0 Å². The van der Waals surface area contributed by atoms with E-state index in [-0.39, 0.29) is 5.97 Å². The molecule has 0 spiro atoms. The summed E-state index contributed by atoms with van der Waals surface area (Å²) in [6.45, 7) is 6.71. The molecular formula is C16H25NO2. The molecule has 3 nitrogen and oxygen atoms in total. The normalized spacial score (nSPS) is 12.2. The number of ether oxygens (including phenoxy) is 1. The van der Waals surface area contributed by atoms with Crippen molar-refractivity contribution in [2.24, 2.45) is 5.92 Å². The molecule has 0 bridgehead atoms. The van der Waals surface area contributed by atoms with Gasteiger partial charge in [0.25, 0.3) is 0 Å². The first-order chi connectivity index (χ1) is 9.08. The molecule has 1 atom stereocenters. The lowest BCUT2D eigenvalue weighted by Gasteiger charge is -2.15. The highest BCUT2D eigenvalue weighted by molar-refractivity contribution is 5.92. The number of carbonyl (C=O) groups excluding carboxylic acids is 1. The highest BCUT2D eigenvalue weighted by atomic mass is 16.5. The Balaban J connectivity index is 2.56. The van der Waals surface area contributed by atoms with Crippen molar-refractivity contribution >= 4 is 11.7 Å². The predicted molar refractivity (Wildman–Crippen MR) is 79.2 cm³/mol. The first kappa shape index (κ1) is 15.5. The van der Waals surface area contributed by atoms with Gasteiger partial charge < -0.3 is 10.5 Å². The summed E-state index contributed by atoms with van der Waals surface area (Å²) in [4.78, 5) is 12.0. The zero-order chi connectivity index (χ0) is 14.3. The van der Waals surface area contributed by atoms with E-state index in [0.717, 1.165) is 18.4 Å². The number of benzene rings is 1. The second-order valence-corrected chi connectivity index (χ2v) is 5.09. The summed E-state index contributed by atoms with van der Waals surface area (Å²) in [5.74, 6) is 0.199. The fourth-order valence-electron chi connectivity index (χ4n) is 2.03.